The van der Waals surface area contributed by atoms with Crippen LogP contribution in [0.3, 0.4) is 0 Å². The van der Waals surface area contributed by atoms with Gasteiger partial charge in [0.05, 0.1) is 5.71 Å². The summed E-state index contributed by atoms with van der Waals surface area (Å²) in [7, 11) is 0. The molecule has 0 spiro atoms. The van der Waals surface area contributed by atoms with E-state index in [1.54, 1.807) is 13.8 Å². The minimum absolute atomic E-state index is 0.129. The third-order valence-corrected chi connectivity index (χ3v) is 5.49. The van der Waals surface area contributed by atoms with Crippen molar-refractivity contribution in [2.24, 2.45) is 11.1 Å². The number of hydrogen-bond donors (Lipinski definition) is 1. The van der Waals surface area contributed by atoms with E-state index in [2.05, 4.69) is 10.5 Å². The van der Waals surface area contributed by atoms with Gasteiger partial charge in [-0.2, -0.15) is 0 Å². The van der Waals surface area contributed by atoms with Gasteiger partial charge in [0.15, 0.2) is 11.6 Å². The lowest BCUT2D eigenvalue weighted by atomic mass is 10.1. The van der Waals surface area contributed by atoms with E-state index in [1.807, 2.05) is 0 Å². The van der Waals surface area contributed by atoms with Crippen molar-refractivity contribution in [3.05, 3.63) is 35.1 Å². The Bertz CT molecular complexity index is 929. The fourth-order valence-corrected chi connectivity index (χ4v) is 3.70. The lowest BCUT2D eigenvalue weighted by Crippen LogP contribution is -2.44. The summed E-state index contributed by atoms with van der Waals surface area (Å²) in [6.07, 6.45) is 2.71. The van der Waals surface area contributed by atoms with Gasteiger partial charge < -0.3 is 15.1 Å². The Hall–Kier alpha value is -2.91. The van der Waals surface area contributed by atoms with Crippen molar-refractivity contribution < 1.29 is 32.4 Å². The maximum atomic E-state index is 14.0. The molecule has 2 aliphatic rings. The molecule has 0 unspecified atom stereocenters. The average Bonchev–Trinajstić information content (AvgIpc) is 3.48. The molecular weight excluding hydrogens is 427 g/mol. The highest BCUT2D eigenvalue weighted by atomic mass is 19.2. The topological polar surface area (TPSA) is 88.1 Å². The highest BCUT2D eigenvalue weighted by Crippen LogP contribution is 2.34. The van der Waals surface area contributed by atoms with E-state index >= 15 is 0 Å². The molecule has 1 heterocycles. The maximum absolute atomic E-state index is 14.0. The minimum Gasteiger partial charge on any atom is -0.343 e. The van der Waals surface area contributed by atoms with Crippen LogP contribution in [0.15, 0.2) is 17.3 Å². The van der Waals surface area contributed by atoms with Crippen LogP contribution in [0.4, 0.5) is 13.2 Å². The zero-order valence-electron chi connectivity index (χ0n) is 18.0. The molecule has 7 nitrogen and oxygen atoms in total. The number of likely N-dealkylation sites (tertiary alicyclic amines) is 1. The highest BCUT2D eigenvalue weighted by molar-refractivity contribution is 5.86. The molecule has 10 heteroatoms. The van der Waals surface area contributed by atoms with Crippen LogP contribution < -0.4 is 5.32 Å². The fraction of sp³-hybridized carbons (Fsp3) is 0.545. The van der Waals surface area contributed by atoms with Gasteiger partial charge in [-0.15, -0.1) is 0 Å². The first kappa shape index (κ1) is 23.7. The number of hydrogen-bond acceptors (Lipinski definition) is 5. The monoisotopic (exact) mass is 453 g/mol. The predicted molar refractivity (Wildman–Crippen MR) is 109 cm³/mol. The molecule has 1 saturated carbocycles. The largest absolute Gasteiger partial charge is 0.357 e. The maximum Gasteiger partial charge on any atom is 0.357 e. The highest BCUT2D eigenvalue weighted by Gasteiger charge is 2.36. The average molecular weight is 453 g/mol. The molecule has 2 amide bonds. The number of nitrogens with one attached hydrogen (secondary N) is 1. The van der Waals surface area contributed by atoms with Crippen LogP contribution in [0, 0.1) is 23.4 Å². The van der Waals surface area contributed by atoms with Gasteiger partial charge in [0.2, 0.25) is 11.8 Å². The van der Waals surface area contributed by atoms with E-state index in [4.69, 9.17) is 4.84 Å². The molecule has 2 atom stereocenters. The lowest BCUT2D eigenvalue weighted by Gasteiger charge is -2.25. The van der Waals surface area contributed by atoms with Crippen molar-refractivity contribution in [1.82, 2.24) is 10.2 Å². The van der Waals surface area contributed by atoms with E-state index in [-0.39, 0.29) is 30.9 Å². The van der Waals surface area contributed by atoms with Crippen molar-refractivity contribution in [3.63, 3.8) is 0 Å². The molecule has 0 aromatic heterocycles. The Morgan fingerprint density at radius 2 is 1.94 bits per heavy atom. The second kappa shape index (κ2) is 10.1. The molecule has 1 aliphatic carbocycles. The van der Waals surface area contributed by atoms with Crippen LogP contribution in [-0.2, 0) is 25.8 Å². The van der Waals surface area contributed by atoms with Gasteiger partial charge >= 0.3 is 5.97 Å². The van der Waals surface area contributed by atoms with Crippen LogP contribution >= 0.6 is 0 Å². The number of rotatable bonds is 9. The minimum atomic E-state index is -1.34. The number of nitrogens with zero attached hydrogens (tertiary/aromatic N) is 2. The third kappa shape index (κ3) is 6.30. The standard InChI is InChI=1S/C22H26F3N3O4/c1-12(2)27-32-22(31)18(7-13-3-4-13)26-19(29)10-16-5-6-20(30)28(16)11-14-8-15(23)9-17(24)21(14)25/h8-9,13,16,18H,3-7,10-11H2,1-2H3,(H,26,29)/t16-,18-/m0/s1. The SMILES string of the molecule is CC(C)=NOC(=O)[C@H](CC1CC1)NC(=O)C[C@@H]1CCC(=O)N1Cc1cc(F)cc(F)c1F. The first-order chi connectivity index (χ1) is 15.1. The summed E-state index contributed by atoms with van der Waals surface area (Å²) in [6, 6.07) is -0.183. The van der Waals surface area contributed by atoms with Crippen molar-refractivity contribution in [2.75, 3.05) is 0 Å². The third-order valence-electron chi connectivity index (χ3n) is 5.49. The molecule has 32 heavy (non-hydrogen) atoms. The van der Waals surface area contributed by atoms with Crippen molar-refractivity contribution in [2.45, 2.75) is 71.0 Å². The Labute approximate surface area is 184 Å². The van der Waals surface area contributed by atoms with E-state index in [0.717, 1.165) is 18.9 Å². The predicted octanol–water partition coefficient (Wildman–Crippen LogP) is 3.21. The van der Waals surface area contributed by atoms with Gasteiger partial charge in [0.25, 0.3) is 0 Å². The Balaban J connectivity index is 1.65. The van der Waals surface area contributed by atoms with Crippen molar-refractivity contribution >= 4 is 23.5 Å². The van der Waals surface area contributed by atoms with Gasteiger partial charge in [0.1, 0.15) is 11.9 Å². The summed E-state index contributed by atoms with van der Waals surface area (Å²) >= 11 is 0. The molecule has 0 bridgehead atoms. The molecule has 1 saturated heterocycles. The molecular formula is C22H26F3N3O4. The van der Waals surface area contributed by atoms with Gasteiger partial charge in [-0.3, -0.25) is 9.59 Å². The summed E-state index contributed by atoms with van der Waals surface area (Å²) in [4.78, 5) is 43.4. The van der Waals surface area contributed by atoms with Crippen LogP contribution in [0.1, 0.15) is 57.9 Å². The molecule has 1 aromatic rings. The van der Waals surface area contributed by atoms with Gasteiger partial charge in [-0.1, -0.05) is 18.0 Å². The lowest BCUT2D eigenvalue weighted by molar-refractivity contribution is -0.148. The van der Waals surface area contributed by atoms with Gasteiger partial charge in [-0.05, 0) is 38.7 Å². The van der Waals surface area contributed by atoms with Crippen LogP contribution in [0.25, 0.3) is 0 Å². The van der Waals surface area contributed by atoms with E-state index < -0.39 is 41.4 Å². The molecule has 1 aromatic carbocycles. The summed E-state index contributed by atoms with van der Waals surface area (Å²) in [5.74, 6) is -4.67. The second-order valence-electron chi connectivity index (χ2n) is 8.53. The summed E-state index contributed by atoms with van der Waals surface area (Å²) in [5.41, 5.74) is 0.252. The van der Waals surface area contributed by atoms with Crippen LogP contribution in [-0.4, -0.2) is 40.5 Å². The summed E-state index contributed by atoms with van der Waals surface area (Å²) in [5, 5.41) is 6.29. The first-order valence-electron chi connectivity index (χ1n) is 10.6. The number of oxime groups is 1. The summed E-state index contributed by atoms with van der Waals surface area (Å²) < 4.78 is 41.1. The van der Waals surface area contributed by atoms with Gasteiger partial charge in [0, 0.05) is 37.1 Å². The first-order valence-corrected chi connectivity index (χ1v) is 10.6. The molecule has 1 N–H and O–H groups in total. The van der Waals surface area contributed by atoms with E-state index in [1.165, 1.54) is 4.90 Å². The zero-order chi connectivity index (χ0) is 23.4. The Morgan fingerprint density at radius 1 is 1.22 bits per heavy atom. The number of amides is 2. The zero-order valence-corrected chi connectivity index (χ0v) is 18.0. The molecule has 0 radical (unpaired) electrons. The van der Waals surface area contributed by atoms with Crippen LogP contribution in [0.5, 0.6) is 0 Å². The molecule has 2 fully saturated rings. The van der Waals surface area contributed by atoms with Crippen molar-refractivity contribution in [3.8, 4) is 0 Å². The number of carbonyl (C=O) groups is 3. The van der Waals surface area contributed by atoms with Gasteiger partial charge in [-0.25, -0.2) is 18.0 Å². The fourth-order valence-electron chi connectivity index (χ4n) is 3.70. The number of halogens is 3. The molecule has 3 rings (SSSR count). The normalized spacial score (nSPS) is 19.0. The molecule has 174 valence electrons. The number of carbonyl (C=O) groups excluding carboxylic acids is 3. The van der Waals surface area contributed by atoms with E-state index in [9.17, 15) is 27.6 Å². The van der Waals surface area contributed by atoms with Crippen molar-refractivity contribution in [1.29, 1.82) is 0 Å². The summed E-state index contributed by atoms with van der Waals surface area (Å²) in [6.45, 7) is 2.98. The van der Waals surface area contributed by atoms with Crippen LogP contribution in [0.2, 0.25) is 0 Å². The Kier molecular flexibility index (Phi) is 7.52. The van der Waals surface area contributed by atoms with E-state index in [0.29, 0.717) is 30.5 Å². The quantitative estimate of drug-likeness (QED) is 0.269. The Morgan fingerprint density at radius 3 is 2.59 bits per heavy atom. The second-order valence-corrected chi connectivity index (χ2v) is 8.53. The number of benzene rings is 1. The smallest absolute Gasteiger partial charge is 0.343 e. The molecule has 1 aliphatic heterocycles.